The van der Waals surface area contributed by atoms with Crippen LogP contribution in [0.15, 0.2) is 48.7 Å². The fourth-order valence-corrected chi connectivity index (χ4v) is 2.92. The lowest BCUT2D eigenvalue weighted by Gasteiger charge is -2.02. The SMILES string of the molecule is O=C(c1ccccc1)n1cc2c(n1)[C@@H]1C=C[C@H]2C1. The lowest BCUT2D eigenvalue weighted by atomic mass is 10.1. The molecule has 1 heterocycles. The summed E-state index contributed by atoms with van der Waals surface area (Å²) >= 11 is 0. The van der Waals surface area contributed by atoms with E-state index in [1.165, 1.54) is 10.2 Å². The maximum Gasteiger partial charge on any atom is 0.278 e. The van der Waals surface area contributed by atoms with Gasteiger partial charge in [0.1, 0.15) is 0 Å². The van der Waals surface area contributed by atoms with E-state index >= 15 is 0 Å². The molecule has 1 aromatic heterocycles. The molecule has 88 valence electrons. The van der Waals surface area contributed by atoms with Gasteiger partial charge in [-0.15, -0.1) is 0 Å². The molecule has 0 fully saturated rings. The first-order valence-corrected chi connectivity index (χ1v) is 6.20. The molecular weight excluding hydrogens is 224 g/mol. The molecule has 0 aliphatic heterocycles. The Morgan fingerprint density at radius 2 is 1.94 bits per heavy atom. The average molecular weight is 236 g/mol. The van der Waals surface area contributed by atoms with Crippen molar-refractivity contribution >= 4 is 5.91 Å². The molecule has 0 unspecified atom stereocenters. The summed E-state index contributed by atoms with van der Waals surface area (Å²) < 4.78 is 1.49. The first-order valence-electron chi connectivity index (χ1n) is 6.20. The monoisotopic (exact) mass is 236 g/mol. The minimum Gasteiger partial charge on any atom is -0.267 e. The first-order chi connectivity index (χ1) is 8.83. The zero-order valence-electron chi connectivity index (χ0n) is 9.78. The zero-order valence-corrected chi connectivity index (χ0v) is 9.78. The molecule has 0 saturated heterocycles. The van der Waals surface area contributed by atoms with E-state index in [-0.39, 0.29) is 5.91 Å². The lowest BCUT2D eigenvalue weighted by Crippen LogP contribution is -2.13. The molecule has 3 nitrogen and oxygen atoms in total. The molecule has 3 heteroatoms. The van der Waals surface area contributed by atoms with E-state index in [9.17, 15) is 4.79 Å². The Kier molecular flexibility index (Phi) is 1.87. The van der Waals surface area contributed by atoms with Crippen LogP contribution < -0.4 is 0 Å². The highest BCUT2D eigenvalue weighted by Gasteiger charge is 2.36. The van der Waals surface area contributed by atoms with Crippen LogP contribution in [0.3, 0.4) is 0 Å². The second-order valence-electron chi connectivity index (χ2n) is 4.92. The van der Waals surface area contributed by atoms with Crippen molar-refractivity contribution in [3.8, 4) is 0 Å². The summed E-state index contributed by atoms with van der Waals surface area (Å²) in [5.41, 5.74) is 3.00. The van der Waals surface area contributed by atoms with Crippen LogP contribution in [-0.4, -0.2) is 15.7 Å². The number of hydrogen-bond donors (Lipinski definition) is 0. The van der Waals surface area contributed by atoms with Crippen molar-refractivity contribution in [2.75, 3.05) is 0 Å². The second-order valence-corrected chi connectivity index (χ2v) is 4.92. The molecule has 2 atom stereocenters. The predicted octanol–water partition coefficient (Wildman–Crippen LogP) is 2.71. The average Bonchev–Trinajstić information content (AvgIpc) is 3.10. The standard InChI is InChI=1S/C15H12N2O/c18-15(10-4-2-1-3-5-10)17-9-13-11-6-7-12(8-11)14(13)16-17/h1-7,9,11-12H,8H2/t11-,12+/m0/s1. The molecule has 0 radical (unpaired) electrons. The number of rotatable bonds is 1. The Hall–Kier alpha value is -2.16. The number of carbonyl (C=O) groups excluding carboxylic acids is 1. The summed E-state index contributed by atoms with van der Waals surface area (Å²) in [6.45, 7) is 0. The Balaban J connectivity index is 1.74. The van der Waals surface area contributed by atoms with Gasteiger partial charge in [-0.3, -0.25) is 4.79 Å². The predicted molar refractivity (Wildman–Crippen MR) is 67.6 cm³/mol. The van der Waals surface area contributed by atoms with E-state index in [0.29, 0.717) is 17.4 Å². The summed E-state index contributed by atoms with van der Waals surface area (Å²) in [7, 11) is 0. The van der Waals surface area contributed by atoms with Crippen molar-refractivity contribution in [2.24, 2.45) is 0 Å². The van der Waals surface area contributed by atoms with Gasteiger partial charge < -0.3 is 0 Å². The van der Waals surface area contributed by atoms with Gasteiger partial charge in [0, 0.05) is 29.2 Å². The Morgan fingerprint density at radius 1 is 1.17 bits per heavy atom. The fourth-order valence-electron chi connectivity index (χ4n) is 2.92. The third-order valence-corrected chi connectivity index (χ3v) is 3.84. The largest absolute Gasteiger partial charge is 0.278 e. The Morgan fingerprint density at radius 3 is 2.72 bits per heavy atom. The topological polar surface area (TPSA) is 34.9 Å². The van der Waals surface area contributed by atoms with E-state index in [4.69, 9.17) is 0 Å². The maximum absolute atomic E-state index is 12.3. The van der Waals surface area contributed by atoms with Gasteiger partial charge in [0.2, 0.25) is 0 Å². The summed E-state index contributed by atoms with van der Waals surface area (Å²) in [5.74, 6) is 0.849. The molecular formula is C15H12N2O. The smallest absolute Gasteiger partial charge is 0.267 e. The number of nitrogens with zero attached hydrogens (tertiary/aromatic N) is 2. The van der Waals surface area contributed by atoms with Crippen LogP contribution in [0.4, 0.5) is 0 Å². The van der Waals surface area contributed by atoms with Crippen molar-refractivity contribution in [1.82, 2.24) is 9.78 Å². The van der Waals surface area contributed by atoms with E-state index < -0.39 is 0 Å². The van der Waals surface area contributed by atoms with Gasteiger partial charge in [-0.25, -0.2) is 4.68 Å². The van der Waals surface area contributed by atoms with E-state index in [1.807, 2.05) is 36.5 Å². The number of allylic oxidation sites excluding steroid dienone is 2. The van der Waals surface area contributed by atoms with Crippen molar-refractivity contribution in [2.45, 2.75) is 18.3 Å². The molecule has 2 aliphatic carbocycles. The highest BCUT2D eigenvalue weighted by Crippen LogP contribution is 2.47. The second kappa shape index (κ2) is 3.42. The maximum atomic E-state index is 12.3. The van der Waals surface area contributed by atoms with E-state index in [1.54, 1.807) is 0 Å². The minimum atomic E-state index is -0.0515. The van der Waals surface area contributed by atoms with Gasteiger partial charge in [0.25, 0.3) is 5.91 Å². The van der Waals surface area contributed by atoms with Crippen LogP contribution in [0, 0.1) is 0 Å². The van der Waals surface area contributed by atoms with Crippen LogP contribution in [-0.2, 0) is 0 Å². The summed E-state index contributed by atoms with van der Waals surface area (Å²) in [6.07, 6.45) is 7.47. The quantitative estimate of drug-likeness (QED) is 0.713. The zero-order chi connectivity index (χ0) is 12.1. The van der Waals surface area contributed by atoms with Crippen LogP contribution in [0.2, 0.25) is 0 Å². The van der Waals surface area contributed by atoms with Crippen molar-refractivity contribution in [3.63, 3.8) is 0 Å². The van der Waals surface area contributed by atoms with Gasteiger partial charge in [-0.1, -0.05) is 30.4 Å². The van der Waals surface area contributed by atoms with Crippen molar-refractivity contribution < 1.29 is 4.79 Å². The summed E-state index contributed by atoms with van der Waals surface area (Å²) in [5, 5.41) is 4.47. The molecule has 2 aromatic rings. The molecule has 0 amide bonds. The third kappa shape index (κ3) is 1.24. The van der Waals surface area contributed by atoms with E-state index in [2.05, 4.69) is 17.3 Å². The number of hydrogen-bond acceptors (Lipinski definition) is 2. The molecule has 0 N–H and O–H groups in total. The van der Waals surface area contributed by atoms with Gasteiger partial charge in [-0.2, -0.15) is 5.10 Å². The van der Waals surface area contributed by atoms with Gasteiger partial charge in [0.15, 0.2) is 0 Å². The fraction of sp³-hybridized carbons (Fsp3) is 0.200. The summed E-state index contributed by atoms with van der Waals surface area (Å²) in [4.78, 5) is 12.3. The van der Waals surface area contributed by atoms with Crippen molar-refractivity contribution in [3.05, 3.63) is 65.5 Å². The normalized spacial score (nSPS) is 23.3. The number of benzene rings is 1. The first kappa shape index (κ1) is 9.83. The van der Waals surface area contributed by atoms with Crippen LogP contribution >= 0.6 is 0 Å². The molecule has 1 aromatic carbocycles. The minimum absolute atomic E-state index is 0.0515. The van der Waals surface area contributed by atoms with Gasteiger partial charge in [-0.05, 0) is 18.6 Å². The van der Waals surface area contributed by atoms with Gasteiger partial charge >= 0.3 is 0 Å². The molecule has 0 spiro atoms. The molecule has 2 aliphatic rings. The molecule has 4 rings (SSSR count). The number of aromatic nitrogens is 2. The highest BCUT2D eigenvalue weighted by molar-refractivity contribution is 5.95. The molecule has 2 bridgehead atoms. The van der Waals surface area contributed by atoms with Crippen LogP contribution in [0.5, 0.6) is 0 Å². The molecule has 0 saturated carbocycles. The van der Waals surface area contributed by atoms with E-state index in [0.717, 1.165) is 12.1 Å². The lowest BCUT2D eigenvalue weighted by molar-refractivity contribution is 0.0944. The number of carbonyl (C=O) groups is 1. The number of fused-ring (bicyclic) bond motifs is 5. The Labute approximate surface area is 105 Å². The molecule has 18 heavy (non-hydrogen) atoms. The van der Waals surface area contributed by atoms with Crippen LogP contribution in [0.1, 0.15) is 39.9 Å². The Bertz CT molecular complexity index is 625. The van der Waals surface area contributed by atoms with Crippen molar-refractivity contribution in [1.29, 1.82) is 0 Å². The van der Waals surface area contributed by atoms with Gasteiger partial charge in [0.05, 0.1) is 5.69 Å². The highest BCUT2D eigenvalue weighted by atomic mass is 16.2. The summed E-state index contributed by atoms with van der Waals surface area (Å²) in [6, 6.07) is 9.29. The van der Waals surface area contributed by atoms with Crippen LogP contribution in [0.25, 0.3) is 0 Å². The third-order valence-electron chi connectivity index (χ3n) is 3.84.